The van der Waals surface area contributed by atoms with Gasteiger partial charge in [-0.2, -0.15) is 0 Å². The summed E-state index contributed by atoms with van der Waals surface area (Å²) < 4.78 is 13.1. The SMILES string of the molecule is CC(=O)N[C@H]1CC[C@](CNC(=O)CCc2ccc(F)cc2)(c2ccccc2)CC[C@@H]1O. The van der Waals surface area contributed by atoms with Crippen molar-refractivity contribution in [1.29, 1.82) is 0 Å². The van der Waals surface area contributed by atoms with E-state index in [-0.39, 0.29) is 29.1 Å². The molecule has 1 fully saturated rings. The number of hydrogen-bond donors (Lipinski definition) is 3. The highest BCUT2D eigenvalue weighted by atomic mass is 19.1. The number of carbonyl (C=O) groups is 2. The van der Waals surface area contributed by atoms with Gasteiger partial charge in [0.15, 0.2) is 0 Å². The van der Waals surface area contributed by atoms with Crippen LogP contribution in [0.5, 0.6) is 0 Å². The molecule has 3 N–H and O–H groups in total. The molecule has 3 atom stereocenters. The lowest BCUT2D eigenvalue weighted by molar-refractivity contribution is -0.121. The van der Waals surface area contributed by atoms with Crippen LogP contribution in [0.15, 0.2) is 54.6 Å². The molecule has 6 heteroatoms. The lowest BCUT2D eigenvalue weighted by Gasteiger charge is -2.34. The van der Waals surface area contributed by atoms with Gasteiger partial charge in [0.2, 0.25) is 11.8 Å². The van der Waals surface area contributed by atoms with E-state index in [9.17, 15) is 19.1 Å². The van der Waals surface area contributed by atoms with Gasteiger partial charge in [-0.25, -0.2) is 4.39 Å². The van der Waals surface area contributed by atoms with Crippen LogP contribution in [0.3, 0.4) is 0 Å². The standard InChI is InChI=1S/C25H31FN2O3/c1-18(29)28-22-13-15-25(16-14-23(22)30,20-5-3-2-4-6-20)17-27-24(31)12-9-19-7-10-21(26)11-8-19/h2-8,10-11,22-23,30H,9,12-17H2,1H3,(H,27,31)(H,28,29)/t22-,23-,25-/m0/s1. The van der Waals surface area contributed by atoms with Crippen molar-refractivity contribution in [2.45, 2.75) is 63.0 Å². The Morgan fingerprint density at radius 1 is 1.06 bits per heavy atom. The van der Waals surface area contributed by atoms with Crippen molar-refractivity contribution in [2.24, 2.45) is 0 Å². The maximum absolute atomic E-state index is 13.1. The van der Waals surface area contributed by atoms with E-state index in [1.54, 1.807) is 12.1 Å². The Labute approximate surface area is 183 Å². The first-order valence-corrected chi connectivity index (χ1v) is 10.9. The van der Waals surface area contributed by atoms with Crippen LogP contribution in [-0.2, 0) is 21.4 Å². The second kappa shape index (κ2) is 10.5. The Morgan fingerprint density at radius 2 is 1.74 bits per heavy atom. The molecule has 2 aromatic carbocycles. The topological polar surface area (TPSA) is 78.4 Å². The molecule has 0 radical (unpaired) electrons. The minimum absolute atomic E-state index is 0.0529. The van der Waals surface area contributed by atoms with Crippen molar-refractivity contribution in [3.63, 3.8) is 0 Å². The highest BCUT2D eigenvalue weighted by Gasteiger charge is 2.38. The second-order valence-corrected chi connectivity index (χ2v) is 8.50. The van der Waals surface area contributed by atoms with Crippen molar-refractivity contribution in [1.82, 2.24) is 10.6 Å². The summed E-state index contributed by atoms with van der Waals surface area (Å²) in [4.78, 5) is 24.1. The number of aryl methyl sites for hydroxylation is 1. The quantitative estimate of drug-likeness (QED) is 0.595. The van der Waals surface area contributed by atoms with E-state index in [2.05, 4.69) is 22.8 Å². The molecule has 5 nitrogen and oxygen atoms in total. The van der Waals surface area contributed by atoms with E-state index >= 15 is 0 Å². The molecule has 0 saturated heterocycles. The average Bonchev–Trinajstić information content (AvgIpc) is 2.92. The first-order valence-electron chi connectivity index (χ1n) is 10.9. The van der Waals surface area contributed by atoms with Crippen LogP contribution in [0.2, 0.25) is 0 Å². The van der Waals surface area contributed by atoms with Crippen LogP contribution in [0.25, 0.3) is 0 Å². The van der Waals surface area contributed by atoms with Crippen molar-refractivity contribution in [3.05, 3.63) is 71.5 Å². The van der Waals surface area contributed by atoms with E-state index in [0.717, 1.165) is 17.5 Å². The molecule has 0 aromatic heterocycles. The Kier molecular flexibility index (Phi) is 7.80. The second-order valence-electron chi connectivity index (χ2n) is 8.50. The smallest absolute Gasteiger partial charge is 0.220 e. The van der Waals surface area contributed by atoms with Gasteiger partial charge in [-0.3, -0.25) is 9.59 Å². The summed E-state index contributed by atoms with van der Waals surface area (Å²) in [7, 11) is 0. The van der Waals surface area contributed by atoms with Crippen LogP contribution in [0.1, 0.15) is 50.2 Å². The molecule has 3 rings (SSSR count). The van der Waals surface area contributed by atoms with Crippen LogP contribution >= 0.6 is 0 Å². The van der Waals surface area contributed by atoms with Gasteiger partial charge in [0.05, 0.1) is 12.1 Å². The average molecular weight is 427 g/mol. The van der Waals surface area contributed by atoms with Gasteiger partial charge >= 0.3 is 0 Å². The highest BCUT2D eigenvalue weighted by Crippen LogP contribution is 2.38. The fourth-order valence-electron chi connectivity index (χ4n) is 4.43. The monoisotopic (exact) mass is 426 g/mol. The predicted molar refractivity (Wildman–Crippen MR) is 118 cm³/mol. The first kappa shape index (κ1) is 22.9. The van der Waals surface area contributed by atoms with Crippen LogP contribution in [-0.4, -0.2) is 35.6 Å². The van der Waals surface area contributed by atoms with Crippen LogP contribution in [0.4, 0.5) is 4.39 Å². The molecule has 166 valence electrons. The lowest BCUT2D eigenvalue weighted by Crippen LogP contribution is -2.42. The fraction of sp³-hybridized carbons (Fsp3) is 0.440. The summed E-state index contributed by atoms with van der Waals surface area (Å²) >= 11 is 0. The normalized spacial score (nSPS) is 23.6. The third-order valence-corrected chi connectivity index (χ3v) is 6.27. The molecule has 1 aliphatic rings. The molecule has 0 unspecified atom stereocenters. The first-order chi connectivity index (χ1) is 14.9. The third-order valence-electron chi connectivity index (χ3n) is 6.27. The third kappa shape index (κ3) is 6.37. The van der Waals surface area contributed by atoms with Crippen LogP contribution in [0, 0.1) is 5.82 Å². The summed E-state index contributed by atoms with van der Waals surface area (Å²) in [5.41, 5.74) is 1.75. The Bertz CT molecular complexity index is 872. The van der Waals surface area contributed by atoms with Gasteiger partial charge in [0.1, 0.15) is 5.82 Å². The molecule has 2 amide bonds. The summed E-state index contributed by atoms with van der Waals surface area (Å²) in [6.07, 6.45) is 2.92. The summed E-state index contributed by atoms with van der Waals surface area (Å²) in [5.74, 6) is -0.487. The Balaban J connectivity index is 1.67. The van der Waals surface area contributed by atoms with Crippen LogP contribution < -0.4 is 10.6 Å². The molecule has 1 aliphatic carbocycles. The van der Waals surface area contributed by atoms with Crippen molar-refractivity contribution < 1.29 is 19.1 Å². The number of benzene rings is 2. The molecule has 0 heterocycles. The van der Waals surface area contributed by atoms with E-state index in [0.29, 0.717) is 38.6 Å². The van der Waals surface area contributed by atoms with Gasteiger partial charge in [-0.05, 0) is 55.4 Å². The molecule has 0 bridgehead atoms. The van der Waals surface area contributed by atoms with Gasteiger partial charge in [-0.1, -0.05) is 42.5 Å². The number of halogens is 1. The Morgan fingerprint density at radius 3 is 2.42 bits per heavy atom. The number of aliphatic hydroxyl groups is 1. The zero-order chi connectivity index (χ0) is 22.3. The maximum Gasteiger partial charge on any atom is 0.220 e. The molecular formula is C25H31FN2O3. The summed E-state index contributed by atoms with van der Waals surface area (Å²) in [6.45, 7) is 1.93. The van der Waals surface area contributed by atoms with Gasteiger partial charge in [-0.15, -0.1) is 0 Å². The van der Waals surface area contributed by atoms with E-state index in [4.69, 9.17) is 0 Å². The molecule has 31 heavy (non-hydrogen) atoms. The van der Waals surface area contributed by atoms with Gasteiger partial charge < -0.3 is 15.7 Å². The summed E-state index contributed by atoms with van der Waals surface area (Å²) in [6, 6.07) is 16.0. The summed E-state index contributed by atoms with van der Waals surface area (Å²) in [5, 5.41) is 16.5. The number of nitrogens with one attached hydrogen (secondary N) is 2. The molecule has 0 spiro atoms. The predicted octanol–water partition coefficient (Wildman–Crippen LogP) is 3.25. The number of carbonyl (C=O) groups excluding carboxylic acids is 2. The van der Waals surface area contributed by atoms with E-state index in [1.165, 1.54) is 19.1 Å². The largest absolute Gasteiger partial charge is 0.391 e. The number of aliphatic hydroxyl groups excluding tert-OH is 1. The molecule has 0 aliphatic heterocycles. The van der Waals surface area contributed by atoms with Gasteiger partial charge in [0, 0.05) is 25.3 Å². The molecular weight excluding hydrogens is 395 g/mol. The number of amides is 2. The Hall–Kier alpha value is -2.73. The van der Waals surface area contributed by atoms with Gasteiger partial charge in [0.25, 0.3) is 0 Å². The maximum atomic E-state index is 13.1. The van der Waals surface area contributed by atoms with E-state index < -0.39 is 6.10 Å². The minimum Gasteiger partial charge on any atom is -0.391 e. The fourth-order valence-corrected chi connectivity index (χ4v) is 4.43. The number of hydrogen-bond acceptors (Lipinski definition) is 3. The van der Waals surface area contributed by atoms with Crippen molar-refractivity contribution in [2.75, 3.05) is 6.54 Å². The zero-order valence-corrected chi connectivity index (χ0v) is 17.9. The van der Waals surface area contributed by atoms with E-state index in [1.807, 2.05) is 18.2 Å². The number of rotatable bonds is 7. The zero-order valence-electron chi connectivity index (χ0n) is 17.9. The molecule has 2 aromatic rings. The lowest BCUT2D eigenvalue weighted by atomic mass is 9.74. The van der Waals surface area contributed by atoms with Crippen molar-refractivity contribution in [3.8, 4) is 0 Å². The highest BCUT2D eigenvalue weighted by molar-refractivity contribution is 5.76. The van der Waals surface area contributed by atoms with Crippen molar-refractivity contribution >= 4 is 11.8 Å². The molecule has 1 saturated carbocycles. The minimum atomic E-state index is -0.608.